The van der Waals surface area contributed by atoms with Crippen LogP contribution in [-0.2, 0) is 16.2 Å². The Balaban J connectivity index is 1.34. The van der Waals surface area contributed by atoms with Gasteiger partial charge in [-0.15, -0.1) is 0 Å². The maximum absolute atomic E-state index is 13.7. The van der Waals surface area contributed by atoms with Gasteiger partial charge in [0.2, 0.25) is 11.8 Å². The van der Waals surface area contributed by atoms with Crippen molar-refractivity contribution < 1.29 is 14.3 Å². The first-order chi connectivity index (χ1) is 17.5. The van der Waals surface area contributed by atoms with Crippen LogP contribution in [0.4, 0.5) is 5.69 Å². The lowest BCUT2D eigenvalue weighted by Crippen LogP contribution is -2.32. The maximum Gasteiger partial charge on any atom is 0.305 e. The quantitative estimate of drug-likeness (QED) is 0.344. The second kappa shape index (κ2) is 9.28. The molecule has 2 aliphatic heterocycles. The highest BCUT2D eigenvalue weighted by Gasteiger charge is 2.56. The van der Waals surface area contributed by atoms with Gasteiger partial charge in [-0.3, -0.25) is 14.4 Å². The van der Waals surface area contributed by atoms with Crippen LogP contribution in [0.15, 0.2) is 88.7 Å². The maximum atomic E-state index is 13.7. The number of nitrogens with zero attached hydrogens (tertiary/aromatic N) is 1. The Morgan fingerprint density at radius 1 is 0.889 bits per heavy atom. The molecule has 2 amide bonds. The highest BCUT2D eigenvalue weighted by atomic mass is 35.5. The second-order valence-electron chi connectivity index (χ2n) is 8.58. The van der Waals surface area contributed by atoms with Crippen molar-refractivity contribution in [3.05, 3.63) is 110 Å². The van der Waals surface area contributed by atoms with Crippen LogP contribution in [0.25, 0.3) is 0 Å². The van der Waals surface area contributed by atoms with Crippen molar-refractivity contribution in [2.75, 3.05) is 4.90 Å². The van der Waals surface area contributed by atoms with Gasteiger partial charge in [0.1, 0.15) is 17.6 Å². The van der Waals surface area contributed by atoms with Gasteiger partial charge in [-0.2, -0.15) is 0 Å². The van der Waals surface area contributed by atoms with Gasteiger partial charge in [-0.25, -0.2) is 4.90 Å². The number of aromatic amines is 1. The predicted octanol–water partition coefficient (Wildman–Crippen LogP) is 5.46. The Hall–Kier alpha value is -3.33. The molecule has 2 aliphatic rings. The van der Waals surface area contributed by atoms with Gasteiger partial charge in [-0.1, -0.05) is 77.2 Å². The number of ether oxygens (including phenoxy) is 1. The van der Waals surface area contributed by atoms with Gasteiger partial charge in [0, 0.05) is 15.8 Å². The van der Waals surface area contributed by atoms with Crippen molar-refractivity contribution in [1.82, 2.24) is 4.98 Å². The van der Waals surface area contributed by atoms with E-state index in [2.05, 4.69) is 4.98 Å². The lowest BCUT2D eigenvalue weighted by molar-refractivity contribution is -0.122. The van der Waals surface area contributed by atoms with E-state index in [0.717, 1.165) is 27.3 Å². The molecule has 6 rings (SSSR count). The zero-order valence-electron chi connectivity index (χ0n) is 18.7. The zero-order valence-corrected chi connectivity index (χ0v) is 21.1. The smallest absolute Gasteiger partial charge is 0.305 e. The Morgan fingerprint density at radius 2 is 1.61 bits per heavy atom. The van der Waals surface area contributed by atoms with Gasteiger partial charge in [0.25, 0.3) is 0 Å². The molecule has 0 saturated carbocycles. The second-order valence-corrected chi connectivity index (χ2v) is 11.2. The van der Waals surface area contributed by atoms with Gasteiger partial charge >= 0.3 is 4.87 Å². The van der Waals surface area contributed by atoms with E-state index in [1.807, 2.05) is 54.6 Å². The highest BCUT2D eigenvalue weighted by Crippen LogP contribution is 2.53. The van der Waals surface area contributed by atoms with Gasteiger partial charge < -0.3 is 9.72 Å². The van der Waals surface area contributed by atoms with Crippen LogP contribution in [0.1, 0.15) is 21.9 Å². The molecule has 3 aromatic carbocycles. The summed E-state index contributed by atoms with van der Waals surface area (Å²) in [5.74, 6) is -0.924. The fourth-order valence-electron chi connectivity index (χ4n) is 4.73. The summed E-state index contributed by atoms with van der Waals surface area (Å²) in [7, 11) is 0. The number of nitrogens with one attached hydrogen (secondary N) is 1. The van der Waals surface area contributed by atoms with E-state index in [0.29, 0.717) is 28.1 Å². The number of anilines is 1. The van der Waals surface area contributed by atoms with Crippen molar-refractivity contribution in [2.45, 2.75) is 22.8 Å². The van der Waals surface area contributed by atoms with Crippen molar-refractivity contribution in [2.24, 2.45) is 5.92 Å². The van der Waals surface area contributed by atoms with Crippen LogP contribution < -0.4 is 14.5 Å². The van der Waals surface area contributed by atoms with E-state index in [1.165, 1.54) is 16.7 Å². The van der Waals surface area contributed by atoms with Crippen LogP contribution in [-0.4, -0.2) is 22.0 Å². The monoisotopic (exact) mass is 534 g/mol. The Kier molecular flexibility index (Phi) is 5.95. The Bertz CT molecular complexity index is 1500. The number of fused-ring (bicyclic) bond motifs is 2. The van der Waals surface area contributed by atoms with E-state index < -0.39 is 17.1 Å². The van der Waals surface area contributed by atoms with Crippen LogP contribution in [0.3, 0.4) is 0 Å². The average molecular weight is 535 g/mol. The summed E-state index contributed by atoms with van der Waals surface area (Å²) >= 11 is 8.37. The number of H-pyrrole nitrogens is 1. The molecule has 4 aromatic rings. The Morgan fingerprint density at radius 3 is 2.33 bits per heavy atom. The minimum absolute atomic E-state index is 0.199. The fourth-order valence-corrected chi connectivity index (χ4v) is 7.37. The number of halogens is 1. The lowest BCUT2D eigenvalue weighted by atomic mass is 9.83. The number of carbonyl (C=O) groups is 2. The van der Waals surface area contributed by atoms with E-state index in [-0.39, 0.29) is 16.7 Å². The molecule has 0 aliphatic carbocycles. The van der Waals surface area contributed by atoms with Crippen molar-refractivity contribution in [3.8, 4) is 5.75 Å². The molecule has 0 radical (unpaired) electrons. The van der Waals surface area contributed by atoms with E-state index >= 15 is 0 Å². The molecule has 3 heterocycles. The molecular weight excluding hydrogens is 516 g/mol. The highest BCUT2D eigenvalue weighted by molar-refractivity contribution is 8.00. The molecule has 36 heavy (non-hydrogen) atoms. The number of hydrogen-bond donors (Lipinski definition) is 1. The molecule has 0 bridgehead atoms. The number of hydrogen-bond acceptors (Lipinski definition) is 6. The number of thioether (sulfide) groups is 1. The number of thiazole rings is 1. The molecule has 3 unspecified atom stereocenters. The summed E-state index contributed by atoms with van der Waals surface area (Å²) in [6.45, 7) is 0.442. The number of benzene rings is 3. The molecule has 1 saturated heterocycles. The minimum atomic E-state index is -0.634. The third-order valence-corrected chi connectivity index (χ3v) is 9.05. The number of rotatable bonds is 5. The molecule has 1 fully saturated rings. The standard InChI is InChI=1S/C27H19ClN2O4S2/c28-17-8-10-18(11-9-17)30-25(31)21-20(22-24(29-27(33)36-22)35-23(21)26(30)32)16-6-12-19(13-7-16)34-14-15-4-2-1-3-5-15/h1-13,20-21,23H,14H2,(H,29,33). The largest absolute Gasteiger partial charge is 0.489 e. The first kappa shape index (κ1) is 23.1. The van der Waals surface area contributed by atoms with E-state index in [9.17, 15) is 14.4 Å². The lowest BCUT2D eigenvalue weighted by Gasteiger charge is -2.29. The summed E-state index contributed by atoms with van der Waals surface area (Å²) in [4.78, 5) is 44.1. The van der Waals surface area contributed by atoms with Crippen LogP contribution in [0.5, 0.6) is 5.75 Å². The van der Waals surface area contributed by atoms with Crippen molar-refractivity contribution >= 4 is 52.2 Å². The normalized spacial score (nSPS) is 20.8. The molecule has 180 valence electrons. The van der Waals surface area contributed by atoms with Crippen LogP contribution in [0, 0.1) is 5.92 Å². The van der Waals surface area contributed by atoms with Gasteiger partial charge in [-0.05, 0) is 47.5 Å². The number of carbonyl (C=O) groups excluding carboxylic acids is 2. The van der Waals surface area contributed by atoms with Gasteiger partial charge in [0.05, 0.1) is 16.6 Å². The summed E-state index contributed by atoms with van der Waals surface area (Å²) in [5.41, 5.74) is 2.41. The molecule has 3 atom stereocenters. The SMILES string of the molecule is O=C1C2Sc3[nH]c(=O)sc3C(c3ccc(OCc4ccccc4)cc3)C2C(=O)N1c1ccc(Cl)cc1. The summed E-state index contributed by atoms with van der Waals surface area (Å²) in [6.07, 6.45) is 0. The molecule has 1 N–H and O–H groups in total. The first-order valence-electron chi connectivity index (χ1n) is 11.3. The molecule has 0 spiro atoms. The number of aromatic nitrogens is 1. The predicted molar refractivity (Wildman–Crippen MR) is 141 cm³/mol. The third-order valence-electron chi connectivity index (χ3n) is 6.40. The average Bonchev–Trinajstić information content (AvgIpc) is 3.39. The molecular formula is C27H19ClN2O4S2. The zero-order chi connectivity index (χ0) is 24.8. The summed E-state index contributed by atoms with van der Waals surface area (Å²) in [5, 5.41) is 0.543. The molecule has 1 aromatic heterocycles. The number of imide groups is 1. The van der Waals surface area contributed by atoms with E-state index in [1.54, 1.807) is 24.3 Å². The topological polar surface area (TPSA) is 79.5 Å². The minimum Gasteiger partial charge on any atom is -0.489 e. The molecule has 6 nitrogen and oxygen atoms in total. The fraction of sp³-hybridized carbons (Fsp3) is 0.148. The van der Waals surface area contributed by atoms with Gasteiger partial charge in [0.15, 0.2) is 0 Å². The van der Waals surface area contributed by atoms with Crippen LogP contribution >= 0.6 is 34.7 Å². The van der Waals surface area contributed by atoms with Crippen LogP contribution in [0.2, 0.25) is 5.02 Å². The Labute approximate surface area is 219 Å². The number of amides is 2. The molecule has 9 heteroatoms. The summed E-state index contributed by atoms with van der Waals surface area (Å²) < 4.78 is 5.92. The third kappa shape index (κ3) is 4.05. The van der Waals surface area contributed by atoms with Crippen molar-refractivity contribution in [1.29, 1.82) is 0 Å². The van der Waals surface area contributed by atoms with E-state index in [4.69, 9.17) is 16.3 Å². The first-order valence-corrected chi connectivity index (χ1v) is 13.4. The summed E-state index contributed by atoms with van der Waals surface area (Å²) in [6, 6.07) is 24.1. The van der Waals surface area contributed by atoms with Crippen molar-refractivity contribution in [3.63, 3.8) is 0 Å².